The summed E-state index contributed by atoms with van der Waals surface area (Å²) in [5, 5.41) is 0. The molecule has 0 spiro atoms. The van der Waals surface area contributed by atoms with Gasteiger partial charge in [-0.05, 0) is 34.5 Å². The quantitative estimate of drug-likeness (QED) is 0.781. The average Bonchev–Trinajstić information content (AvgIpc) is 2.31. The lowest BCUT2D eigenvalue weighted by molar-refractivity contribution is -0.128. The molecule has 0 aliphatic carbocycles. The minimum Gasteiger partial charge on any atom is -0.374 e. The van der Waals surface area contributed by atoms with Crippen molar-refractivity contribution >= 4 is 21.7 Å². The lowest BCUT2D eigenvalue weighted by Gasteiger charge is -2.12. The molecule has 0 fully saturated rings. The summed E-state index contributed by atoms with van der Waals surface area (Å²) in [6.45, 7) is 1.78. The Balaban J connectivity index is 2.95. The molecule has 94 valence electrons. The van der Waals surface area contributed by atoms with Crippen molar-refractivity contribution in [2.45, 2.75) is 25.9 Å². The molecule has 0 heterocycles. The largest absolute Gasteiger partial charge is 0.374 e. The molecule has 0 saturated heterocycles. The van der Waals surface area contributed by atoms with E-state index in [1.807, 2.05) is 0 Å². The topological polar surface area (TPSA) is 26.3 Å². The maximum Gasteiger partial charge on any atom is 0.166 e. The Kier molecular flexibility index (Phi) is 5.21. The summed E-state index contributed by atoms with van der Waals surface area (Å²) in [5.74, 6) is -1.78. The van der Waals surface area contributed by atoms with Gasteiger partial charge in [0.2, 0.25) is 0 Å². The van der Waals surface area contributed by atoms with Gasteiger partial charge in [-0.25, -0.2) is 8.78 Å². The van der Waals surface area contributed by atoms with E-state index in [9.17, 15) is 13.6 Å². The average molecular weight is 307 g/mol. The molecule has 1 atom stereocenters. The van der Waals surface area contributed by atoms with Gasteiger partial charge in [0.15, 0.2) is 5.78 Å². The number of rotatable bonds is 5. The van der Waals surface area contributed by atoms with Gasteiger partial charge in [-0.2, -0.15) is 0 Å². The second-order valence-corrected chi connectivity index (χ2v) is 4.45. The van der Waals surface area contributed by atoms with Gasteiger partial charge in [-0.15, -0.1) is 0 Å². The third kappa shape index (κ3) is 3.33. The number of halogens is 3. The Morgan fingerprint density at radius 3 is 2.65 bits per heavy atom. The van der Waals surface area contributed by atoms with Gasteiger partial charge in [0, 0.05) is 19.1 Å². The molecule has 0 aliphatic rings. The number of carbonyl (C=O) groups excluding carboxylic acids is 1. The third-order valence-electron chi connectivity index (χ3n) is 2.50. The molecular weight excluding hydrogens is 294 g/mol. The molecular formula is C12H13BrF2O2. The van der Waals surface area contributed by atoms with Crippen LogP contribution in [0.5, 0.6) is 0 Å². The van der Waals surface area contributed by atoms with Gasteiger partial charge in [0.1, 0.15) is 17.7 Å². The number of ketones is 1. The maximum absolute atomic E-state index is 13.6. The zero-order valence-corrected chi connectivity index (χ0v) is 11.2. The van der Waals surface area contributed by atoms with Gasteiger partial charge in [-0.1, -0.05) is 6.92 Å². The summed E-state index contributed by atoms with van der Waals surface area (Å²) in [4.78, 5) is 11.7. The number of hydrogen-bond acceptors (Lipinski definition) is 2. The number of hydrogen-bond donors (Lipinski definition) is 0. The highest BCUT2D eigenvalue weighted by Gasteiger charge is 2.21. The van der Waals surface area contributed by atoms with Crippen molar-refractivity contribution in [3.8, 4) is 0 Å². The van der Waals surface area contributed by atoms with Crippen LogP contribution in [0.15, 0.2) is 16.6 Å². The van der Waals surface area contributed by atoms with Crippen molar-refractivity contribution in [1.29, 1.82) is 0 Å². The lowest BCUT2D eigenvalue weighted by Crippen LogP contribution is -2.24. The fourth-order valence-electron chi connectivity index (χ4n) is 1.54. The van der Waals surface area contributed by atoms with Crippen LogP contribution in [-0.4, -0.2) is 19.0 Å². The monoisotopic (exact) mass is 306 g/mol. The van der Waals surface area contributed by atoms with Crippen molar-refractivity contribution in [1.82, 2.24) is 0 Å². The van der Waals surface area contributed by atoms with E-state index in [1.165, 1.54) is 13.2 Å². The van der Waals surface area contributed by atoms with E-state index in [-0.39, 0.29) is 22.2 Å². The van der Waals surface area contributed by atoms with Crippen LogP contribution >= 0.6 is 15.9 Å². The third-order valence-corrected chi connectivity index (χ3v) is 3.12. The molecule has 0 amide bonds. The van der Waals surface area contributed by atoms with Crippen LogP contribution in [0.1, 0.15) is 18.9 Å². The number of ether oxygens (including phenoxy) is 1. The Labute approximate surface area is 107 Å². The summed E-state index contributed by atoms with van der Waals surface area (Å²) in [6.07, 6.45) is -0.441. The molecule has 1 aromatic carbocycles. The van der Waals surface area contributed by atoms with E-state index in [1.54, 1.807) is 6.92 Å². The van der Waals surface area contributed by atoms with Crippen LogP contribution in [0, 0.1) is 11.6 Å². The Bertz CT molecular complexity index is 417. The van der Waals surface area contributed by atoms with Crippen LogP contribution < -0.4 is 0 Å². The molecule has 0 aliphatic heterocycles. The maximum atomic E-state index is 13.6. The highest BCUT2D eigenvalue weighted by atomic mass is 79.9. The zero-order valence-electron chi connectivity index (χ0n) is 9.60. The van der Waals surface area contributed by atoms with E-state index in [2.05, 4.69) is 15.9 Å². The smallest absolute Gasteiger partial charge is 0.166 e. The fourth-order valence-corrected chi connectivity index (χ4v) is 1.92. The fraction of sp³-hybridized carbons (Fsp3) is 0.417. The normalized spacial score (nSPS) is 12.5. The Hall–Kier alpha value is -0.810. The summed E-state index contributed by atoms with van der Waals surface area (Å²) in [7, 11) is 1.40. The first-order chi connectivity index (χ1) is 8.01. The van der Waals surface area contributed by atoms with Crippen LogP contribution in [-0.2, 0) is 16.0 Å². The molecule has 0 bridgehead atoms. The highest BCUT2D eigenvalue weighted by molar-refractivity contribution is 9.10. The number of benzene rings is 1. The number of carbonyl (C=O) groups is 1. The molecule has 0 N–H and O–H groups in total. The Morgan fingerprint density at radius 2 is 2.12 bits per heavy atom. The van der Waals surface area contributed by atoms with E-state index < -0.39 is 17.7 Å². The van der Waals surface area contributed by atoms with Crippen molar-refractivity contribution in [2.75, 3.05) is 7.11 Å². The van der Waals surface area contributed by atoms with Crippen LogP contribution in [0.4, 0.5) is 8.78 Å². The number of methoxy groups -OCH3 is 1. The van der Waals surface area contributed by atoms with Gasteiger partial charge < -0.3 is 4.74 Å². The van der Waals surface area contributed by atoms with E-state index in [4.69, 9.17) is 4.74 Å². The molecule has 1 aromatic rings. The van der Waals surface area contributed by atoms with E-state index in [0.717, 1.165) is 6.07 Å². The molecule has 0 saturated carbocycles. The van der Waals surface area contributed by atoms with Gasteiger partial charge in [0.05, 0.1) is 4.47 Å². The minimum absolute atomic E-state index is 0.146. The SMILES string of the molecule is CCC(OC)C(=O)Cc1c(F)ccc(Br)c1F. The molecule has 0 aromatic heterocycles. The van der Waals surface area contributed by atoms with Gasteiger partial charge in [0.25, 0.3) is 0 Å². The molecule has 0 radical (unpaired) electrons. The van der Waals surface area contributed by atoms with Gasteiger partial charge >= 0.3 is 0 Å². The van der Waals surface area contributed by atoms with Crippen molar-refractivity contribution in [3.63, 3.8) is 0 Å². The van der Waals surface area contributed by atoms with E-state index in [0.29, 0.717) is 6.42 Å². The standard InChI is InChI=1S/C12H13BrF2O2/c1-3-11(17-2)10(16)6-7-9(14)5-4-8(13)12(7)15/h4-5,11H,3,6H2,1-2H3. The summed E-state index contributed by atoms with van der Waals surface area (Å²) in [6, 6.07) is 2.40. The van der Waals surface area contributed by atoms with Crippen LogP contribution in [0.2, 0.25) is 0 Å². The zero-order chi connectivity index (χ0) is 13.0. The van der Waals surface area contributed by atoms with Crippen molar-refractivity contribution in [3.05, 3.63) is 33.8 Å². The van der Waals surface area contributed by atoms with Crippen molar-refractivity contribution in [2.24, 2.45) is 0 Å². The molecule has 1 rings (SSSR count). The summed E-state index contributed by atoms with van der Waals surface area (Å²) >= 11 is 2.96. The van der Waals surface area contributed by atoms with Crippen LogP contribution in [0.3, 0.4) is 0 Å². The first kappa shape index (κ1) is 14.3. The second kappa shape index (κ2) is 6.21. The first-order valence-electron chi connectivity index (χ1n) is 5.19. The van der Waals surface area contributed by atoms with Crippen molar-refractivity contribution < 1.29 is 18.3 Å². The molecule has 2 nitrogen and oxygen atoms in total. The number of Topliss-reactive ketones (excluding diaryl/α,β-unsaturated/α-hetero) is 1. The minimum atomic E-state index is -0.732. The van der Waals surface area contributed by atoms with Gasteiger partial charge in [-0.3, -0.25) is 4.79 Å². The summed E-state index contributed by atoms with van der Waals surface area (Å²) in [5.41, 5.74) is -0.222. The predicted octanol–water partition coefficient (Wildman–Crippen LogP) is 3.26. The van der Waals surface area contributed by atoms with Crippen LogP contribution in [0.25, 0.3) is 0 Å². The summed E-state index contributed by atoms with van der Waals surface area (Å²) < 4.78 is 32.1. The second-order valence-electron chi connectivity index (χ2n) is 3.60. The molecule has 17 heavy (non-hydrogen) atoms. The van der Waals surface area contributed by atoms with E-state index >= 15 is 0 Å². The lowest BCUT2D eigenvalue weighted by atomic mass is 10.0. The molecule has 1 unspecified atom stereocenters. The predicted molar refractivity (Wildman–Crippen MR) is 63.9 cm³/mol. The Morgan fingerprint density at radius 1 is 1.47 bits per heavy atom. The highest BCUT2D eigenvalue weighted by Crippen LogP contribution is 2.22. The first-order valence-corrected chi connectivity index (χ1v) is 5.98. The molecule has 5 heteroatoms.